The van der Waals surface area contributed by atoms with E-state index in [2.05, 4.69) is 20.9 Å². The van der Waals surface area contributed by atoms with Gasteiger partial charge in [0.15, 0.2) is 0 Å². The SMILES string of the molecule is CCNC(=O)NC(=O)C(C)NCc1cncs1. The Morgan fingerprint density at radius 1 is 1.53 bits per heavy atom. The molecule has 1 rings (SSSR count). The highest BCUT2D eigenvalue weighted by molar-refractivity contribution is 7.09. The molecular weight excluding hydrogens is 240 g/mol. The highest BCUT2D eigenvalue weighted by Crippen LogP contribution is 2.04. The number of hydrogen-bond acceptors (Lipinski definition) is 5. The Morgan fingerprint density at radius 2 is 2.29 bits per heavy atom. The summed E-state index contributed by atoms with van der Waals surface area (Å²) in [6, 6.07) is -0.899. The van der Waals surface area contributed by atoms with Gasteiger partial charge in [0.2, 0.25) is 5.91 Å². The molecule has 1 atom stereocenters. The molecule has 0 aliphatic heterocycles. The lowest BCUT2D eigenvalue weighted by atomic mass is 10.3. The van der Waals surface area contributed by atoms with E-state index in [0.29, 0.717) is 13.1 Å². The van der Waals surface area contributed by atoms with Crippen molar-refractivity contribution in [1.82, 2.24) is 20.9 Å². The Kier molecular flexibility index (Phi) is 5.58. The van der Waals surface area contributed by atoms with Crippen LogP contribution in [-0.4, -0.2) is 29.5 Å². The first-order chi connectivity index (χ1) is 8.13. The number of nitrogens with zero attached hydrogens (tertiary/aromatic N) is 1. The Balaban J connectivity index is 2.29. The van der Waals surface area contributed by atoms with Crippen molar-refractivity contribution >= 4 is 23.3 Å². The van der Waals surface area contributed by atoms with E-state index in [4.69, 9.17) is 0 Å². The third kappa shape index (κ3) is 4.92. The van der Waals surface area contributed by atoms with Gasteiger partial charge in [-0.05, 0) is 13.8 Å². The van der Waals surface area contributed by atoms with E-state index >= 15 is 0 Å². The van der Waals surface area contributed by atoms with Crippen LogP contribution in [0.25, 0.3) is 0 Å². The molecule has 0 saturated heterocycles. The molecule has 1 heterocycles. The van der Waals surface area contributed by atoms with Gasteiger partial charge in [-0.25, -0.2) is 4.79 Å². The topological polar surface area (TPSA) is 83.1 Å². The average Bonchev–Trinajstić information content (AvgIpc) is 2.78. The fraction of sp³-hybridized carbons (Fsp3) is 0.500. The first-order valence-electron chi connectivity index (χ1n) is 5.33. The highest BCUT2D eigenvalue weighted by atomic mass is 32.1. The van der Waals surface area contributed by atoms with Crippen LogP contribution in [0.5, 0.6) is 0 Å². The summed E-state index contributed by atoms with van der Waals surface area (Å²) in [5.41, 5.74) is 1.73. The monoisotopic (exact) mass is 256 g/mol. The van der Waals surface area contributed by atoms with Crippen LogP contribution in [0.2, 0.25) is 0 Å². The molecule has 0 bridgehead atoms. The Labute approximate surface area is 104 Å². The summed E-state index contributed by atoms with van der Waals surface area (Å²) in [4.78, 5) is 27.6. The number of aromatic nitrogens is 1. The lowest BCUT2D eigenvalue weighted by molar-refractivity contribution is -0.121. The van der Waals surface area contributed by atoms with Gasteiger partial charge in [0.25, 0.3) is 0 Å². The van der Waals surface area contributed by atoms with Gasteiger partial charge >= 0.3 is 6.03 Å². The summed E-state index contributed by atoms with van der Waals surface area (Å²) < 4.78 is 0. The molecule has 94 valence electrons. The van der Waals surface area contributed by atoms with Crippen molar-refractivity contribution in [1.29, 1.82) is 0 Å². The number of nitrogens with one attached hydrogen (secondary N) is 3. The molecule has 0 aromatic carbocycles. The van der Waals surface area contributed by atoms with Crippen molar-refractivity contribution in [3.8, 4) is 0 Å². The largest absolute Gasteiger partial charge is 0.338 e. The molecule has 3 amide bonds. The number of amides is 3. The van der Waals surface area contributed by atoms with Gasteiger partial charge in [-0.1, -0.05) is 0 Å². The van der Waals surface area contributed by atoms with Crippen molar-refractivity contribution in [2.45, 2.75) is 26.4 Å². The van der Waals surface area contributed by atoms with Crippen LogP contribution < -0.4 is 16.0 Å². The Bertz CT molecular complexity index is 366. The normalized spacial score (nSPS) is 11.9. The minimum atomic E-state index is -0.469. The van der Waals surface area contributed by atoms with Crippen LogP contribution in [0.15, 0.2) is 11.7 Å². The second-order valence-corrected chi connectivity index (χ2v) is 4.39. The molecule has 0 aliphatic carbocycles. The second kappa shape index (κ2) is 6.97. The number of urea groups is 1. The van der Waals surface area contributed by atoms with Crippen LogP contribution in [0.4, 0.5) is 4.79 Å². The maximum atomic E-state index is 11.5. The van der Waals surface area contributed by atoms with E-state index in [0.717, 1.165) is 4.88 Å². The maximum absolute atomic E-state index is 11.5. The zero-order valence-corrected chi connectivity index (χ0v) is 10.6. The number of thiazole rings is 1. The van der Waals surface area contributed by atoms with Gasteiger partial charge in [0.05, 0.1) is 11.6 Å². The fourth-order valence-electron chi connectivity index (χ4n) is 1.10. The molecule has 0 radical (unpaired) electrons. The van der Waals surface area contributed by atoms with Crippen molar-refractivity contribution < 1.29 is 9.59 Å². The third-order valence-corrected chi connectivity index (χ3v) is 2.81. The van der Waals surface area contributed by atoms with Gasteiger partial charge in [0.1, 0.15) is 0 Å². The molecule has 0 fully saturated rings. The molecule has 17 heavy (non-hydrogen) atoms. The molecule has 6 nitrogen and oxygen atoms in total. The fourth-order valence-corrected chi connectivity index (χ4v) is 1.65. The molecule has 3 N–H and O–H groups in total. The summed E-state index contributed by atoms with van der Waals surface area (Å²) in [6.07, 6.45) is 1.74. The summed E-state index contributed by atoms with van der Waals surface area (Å²) in [6.45, 7) is 4.54. The first kappa shape index (κ1) is 13.6. The number of carbonyl (C=O) groups is 2. The second-order valence-electron chi connectivity index (χ2n) is 3.42. The average molecular weight is 256 g/mol. The molecule has 0 spiro atoms. The van der Waals surface area contributed by atoms with Crippen molar-refractivity contribution in [3.05, 3.63) is 16.6 Å². The Morgan fingerprint density at radius 3 is 2.88 bits per heavy atom. The summed E-state index contributed by atoms with van der Waals surface area (Å²) >= 11 is 1.51. The standard InChI is InChI=1S/C10H16N4O2S/c1-3-12-10(16)14-9(15)7(2)13-5-8-4-11-6-17-8/h4,6-7,13H,3,5H2,1-2H3,(H2,12,14,15,16). The van der Waals surface area contributed by atoms with Crippen molar-refractivity contribution in [2.24, 2.45) is 0 Å². The van der Waals surface area contributed by atoms with Crippen molar-refractivity contribution in [2.75, 3.05) is 6.54 Å². The zero-order chi connectivity index (χ0) is 12.7. The predicted molar refractivity (Wildman–Crippen MR) is 65.6 cm³/mol. The number of rotatable bonds is 5. The highest BCUT2D eigenvalue weighted by Gasteiger charge is 2.14. The minimum absolute atomic E-state index is 0.347. The minimum Gasteiger partial charge on any atom is -0.338 e. The van der Waals surface area contributed by atoms with Crippen LogP contribution in [0.1, 0.15) is 18.7 Å². The van der Waals surface area contributed by atoms with Gasteiger partial charge in [0, 0.05) is 24.2 Å². The lowest BCUT2D eigenvalue weighted by Crippen LogP contribution is -2.47. The molecule has 1 unspecified atom stereocenters. The van der Waals surface area contributed by atoms with Crippen LogP contribution in [0, 0.1) is 0 Å². The van der Waals surface area contributed by atoms with Crippen LogP contribution in [0.3, 0.4) is 0 Å². The van der Waals surface area contributed by atoms with Crippen LogP contribution in [-0.2, 0) is 11.3 Å². The summed E-state index contributed by atoms with van der Waals surface area (Å²) in [7, 11) is 0. The quantitative estimate of drug-likeness (QED) is 0.715. The van der Waals surface area contributed by atoms with E-state index < -0.39 is 12.1 Å². The van der Waals surface area contributed by atoms with Crippen LogP contribution >= 0.6 is 11.3 Å². The Hall–Kier alpha value is -1.47. The van der Waals surface area contributed by atoms with Gasteiger partial charge in [-0.2, -0.15) is 0 Å². The van der Waals surface area contributed by atoms with Gasteiger partial charge in [-0.15, -0.1) is 11.3 Å². The van der Waals surface area contributed by atoms with E-state index in [1.807, 2.05) is 0 Å². The molecule has 1 aromatic rings. The molecular formula is C10H16N4O2S. The number of hydrogen-bond donors (Lipinski definition) is 3. The molecule has 7 heteroatoms. The predicted octanol–water partition coefficient (Wildman–Crippen LogP) is 0.467. The number of imide groups is 1. The van der Waals surface area contributed by atoms with E-state index in [1.165, 1.54) is 11.3 Å². The third-order valence-electron chi connectivity index (χ3n) is 2.03. The maximum Gasteiger partial charge on any atom is 0.321 e. The smallest absolute Gasteiger partial charge is 0.321 e. The van der Waals surface area contributed by atoms with E-state index in [9.17, 15) is 9.59 Å². The summed E-state index contributed by atoms with van der Waals surface area (Å²) in [5, 5.41) is 7.75. The molecule has 0 saturated carbocycles. The van der Waals surface area contributed by atoms with Crippen molar-refractivity contribution in [3.63, 3.8) is 0 Å². The number of carbonyl (C=O) groups excluding carboxylic acids is 2. The molecule has 0 aliphatic rings. The zero-order valence-electron chi connectivity index (χ0n) is 9.82. The van der Waals surface area contributed by atoms with E-state index in [1.54, 1.807) is 25.6 Å². The summed E-state index contributed by atoms with van der Waals surface area (Å²) in [5.74, 6) is -0.347. The van der Waals surface area contributed by atoms with Gasteiger partial charge < -0.3 is 10.6 Å². The van der Waals surface area contributed by atoms with Gasteiger partial charge in [-0.3, -0.25) is 15.1 Å². The lowest BCUT2D eigenvalue weighted by Gasteiger charge is -2.12. The van der Waals surface area contributed by atoms with E-state index in [-0.39, 0.29) is 5.91 Å². The molecule has 1 aromatic heterocycles. The first-order valence-corrected chi connectivity index (χ1v) is 6.21.